The van der Waals surface area contributed by atoms with Crippen molar-refractivity contribution in [2.45, 2.75) is 31.7 Å². The van der Waals surface area contributed by atoms with Gasteiger partial charge in [-0.25, -0.2) is 0 Å². The third-order valence-corrected chi connectivity index (χ3v) is 4.10. The fourth-order valence-electron chi connectivity index (χ4n) is 3.24. The molecule has 3 fully saturated rings. The standard InChI is InChI=1S/C11H12O5/c1-4-10(14)16-9-5(2)15-7-3-6(12)8(13)11(4,7)9/h4,7-9,13H,2-3H2,1H3. The number of hydrogen-bond acceptors (Lipinski definition) is 5. The summed E-state index contributed by atoms with van der Waals surface area (Å²) in [7, 11) is 0. The molecule has 3 aliphatic rings. The van der Waals surface area contributed by atoms with E-state index < -0.39 is 35.6 Å². The Morgan fingerprint density at radius 3 is 2.81 bits per heavy atom. The fourth-order valence-corrected chi connectivity index (χ4v) is 3.24. The van der Waals surface area contributed by atoms with Gasteiger partial charge in [-0.3, -0.25) is 9.59 Å². The van der Waals surface area contributed by atoms with Crippen molar-refractivity contribution in [3.05, 3.63) is 12.3 Å². The van der Waals surface area contributed by atoms with E-state index in [2.05, 4.69) is 6.58 Å². The summed E-state index contributed by atoms with van der Waals surface area (Å²) in [6.07, 6.45) is -2.23. The number of aliphatic hydroxyl groups is 1. The predicted octanol–water partition coefficient (Wildman–Crippen LogP) is -0.220. The smallest absolute Gasteiger partial charge is 0.310 e. The third-order valence-electron chi connectivity index (χ3n) is 4.10. The highest BCUT2D eigenvalue weighted by molar-refractivity contribution is 5.91. The van der Waals surface area contributed by atoms with Gasteiger partial charge in [-0.15, -0.1) is 0 Å². The van der Waals surface area contributed by atoms with Gasteiger partial charge in [-0.1, -0.05) is 13.5 Å². The van der Waals surface area contributed by atoms with Gasteiger partial charge in [0.15, 0.2) is 11.9 Å². The quantitative estimate of drug-likeness (QED) is 0.576. The molecule has 5 nitrogen and oxygen atoms in total. The second kappa shape index (κ2) is 2.66. The Morgan fingerprint density at radius 2 is 2.12 bits per heavy atom. The van der Waals surface area contributed by atoms with Crippen LogP contribution in [0.3, 0.4) is 0 Å². The minimum atomic E-state index is -1.19. The van der Waals surface area contributed by atoms with Crippen molar-refractivity contribution < 1.29 is 24.2 Å². The Hall–Kier alpha value is -1.36. The summed E-state index contributed by atoms with van der Waals surface area (Å²) in [5.74, 6) is -0.877. The highest BCUT2D eigenvalue weighted by Crippen LogP contribution is 2.59. The largest absolute Gasteiger partial charge is 0.490 e. The minimum Gasteiger partial charge on any atom is -0.490 e. The molecule has 1 aliphatic carbocycles. The van der Waals surface area contributed by atoms with Crippen molar-refractivity contribution in [3.63, 3.8) is 0 Å². The van der Waals surface area contributed by atoms with Crippen LogP contribution in [0.25, 0.3) is 0 Å². The monoisotopic (exact) mass is 224 g/mol. The molecule has 16 heavy (non-hydrogen) atoms. The van der Waals surface area contributed by atoms with Crippen LogP contribution in [-0.2, 0) is 19.1 Å². The summed E-state index contributed by atoms with van der Waals surface area (Å²) in [6.45, 7) is 5.35. The van der Waals surface area contributed by atoms with Crippen LogP contribution in [0.15, 0.2) is 12.3 Å². The molecule has 1 saturated carbocycles. The van der Waals surface area contributed by atoms with Crippen LogP contribution in [0.1, 0.15) is 13.3 Å². The first kappa shape index (κ1) is 9.84. The minimum absolute atomic E-state index is 0.123. The molecule has 5 atom stereocenters. The first-order valence-corrected chi connectivity index (χ1v) is 5.26. The van der Waals surface area contributed by atoms with Crippen LogP contribution in [0.5, 0.6) is 0 Å². The van der Waals surface area contributed by atoms with E-state index in [1.54, 1.807) is 6.92 Å². The summed E-state index contributed by atoms with van der Waals surface area (Å²) < 4.78 is 10.6. The number of ketones is 1. The van der Waals surface area contributed by atoms with Gasteiger partial charge >= 0.3 is 5.97 Å². The lowest BCUT2D eigenvalue weighted by molar-refractivity contribution is -0.144. The average molecular weight is 224 g/mol. The van der Waals surface area contributed by atoms with Crippen molar-refractivity contribution in [1.82, 2.24) is 0 Å². The Morgan fingerprint density at radius 1 is 1.44 bits per heavy atom. The van der Waals surface area contributed by atoms with Gasteiger partial charge in [0.05, 0.1) is 11.3 Å². The second-order valence-electron chi connectivity index (χ2n) is 4.68. The molecule has 0 aromatic rings. The summed E-state index contributed by atoms with van der Waals surface area (Å²) in [5.41, 5.74) is -0.939. The fraction of sp³-hybridized carbons (Fsp3) is 0.636. The number of ether oxygens (including phenoxy) is 2. The maximum atomic E-state index is 11.6. The Labute approximate surface area is 92.0 Å². The van der Waals surface area contributed by atoms with E-state index >= 15 is 0 Å². The van der Waals surface area contributed by atoms with Gasteiger partial charge in [-0.2, -0.15) is 0 Å². The highest BCUT2D eigenvalue weighted by atomic mass is 16.6. The highest BCUT2D eigenvalue weighted by Gasteiger charge is 2.74. The average Bonchev–Trinajstić information content (AvgIpc) is 2.73. The SMILES string of the molecule is C=C1OC2CC(=O)C(O)C23C(C)C(=O)OC13. The zero-order chi connectivity index (χ0) is 11.7. The number of carbonyl (C=O) groups is 2. The predicted molar refractivity (Wildman–Crippen MR) is 51.1 cm³/mol. The Balaban J connectivity index is 2.16. The molecule has 86 valence electrons. The zero-order valence-corrected chi connectivity index (χ0v) is 8.80. The van der Waals surface area contributed by atoms with Gasteiger partial charge in [0.2, 0.25) is 0 Å². The summed E-state index contributed by atoms with van der Waals surface area (Å²) >= 11 is 0. The topological polar surface area (TPSA) is 72.8 Å². The second-order valence-corrected chi connectivity index (χ2v) is 4.68. The number of Topliss-reactive ketones (excluding diaryl/α,β-unsaturated/α-hetero) is 1. The number of rotatable bonds is 0. The molecule has 1 spiro atoms. The van der Waals surface area contributed by atoms with Crippen molar-refractivity contribution in [2.75, 3.05) is 0 Å². The van der Waals surface area contributed by atoms with E-state index in [-0.39, 0.29) is 12.2 Å². The van der Waals surface area contributed by atoms with E-state index in [9.17, 15) is 14.7 Å². The molecule has 2 aliphatic heterocycles. The number of hydrogen-bond donors (Lipinski definition) is 1. The molecule has 5 heteroatoms. The molecule has 0 aromatic carbocycles. The lowest BCUT2D eigenvalue weighted by Crippen LogP contribution is -2.46. The van der Waals surface area contributed by atoms with Crippen molar-refractivity contribution in [1.29, 1.82) is 0 Å². The Bertz CT molecular complexity index is 407. The molecule has 2 heterocycles. The van der Waals surface area contributed by atoms with Gasteiger partial charge in [0.1, 0.15) is 18.0 Å². The maximum Gasteiger partial charge on any atom is 0.310 e. The molecular weight excluding hydrogens is 212 g/mol. The van der Waals surface area contributed by atoms with Gasteiger partial charge in [-0.05, 0) is 0 Å². The first-order chi connectivity index (χ1) is 7.49. The molecule has 2 saturated heterocycles. The summed E-state index contributed by atoms with van der Waals surface area (Å²) in [4.78, 5) is 23.1. The maximum absolute atomic E-state index is 11.6. The van der Waals surface area contributed by atoms with Crippen molar-refractivity contribution in [3.8, 4) is 0 Å². The van der Waals surface area contributed by atoms with Gasteiger partial charge in [0.25, 0.3) is 0 Å². The van der Waals surface area contributed by atoms with Crippen LogP contribution in [0, 0.1) is 11.3 Å². The van der Waals surface area contributed by atoms with Crippen LogP contribution >= 0.6 is 0 Å². The lowest BCUT2D eigenvalue weighted by atomic mass is 9.70. The molecule has 5 unspecified atom stereocenters. The molecule has 3 rings (SSSR count). The third kappa shape index (κ3) is 0.787. The van der Waals surface area contributed by atoms with Gasteiger partial charge in [0, 0.05) is 6.42 Å². The van der Waals surface area contributed by atoms with E-state index in [1.165, 1.54) is 0 Å². The van der Waals surface area contributed by atoms with E-state index in [0.717, 1.165) is 0 Å². The van der Waals surface area contributed by atoms with E-state index in [0.29, 0.717) is 5.76 Å². The summed E-state index contributed by atoms with van der Waals surface area (Å²) in [5, 5.41) is 10.0. The number of aliphatic hydroxyl groups excluding tert-OH is 1. The molecule has 1 N–H and O–H groups in total. The van der Waals surface area contributed by atoms with Crippen molar-refractivity contribution >= 4 is 11.8 Å². The van der Waals surface area contributed by atoms with Crippen LogP contribution in [0.2, 0.25) is 0 Å². The van der Waals surface area contributed by atoms with E-state index in [4.69, 9.17) is 9.47 Å². The molecule has 0 bridgehead atoms. The first-order valence-electron chi connectivity index (χ1n) is 5.26. The normalized spacial score (nSPS) is 50.0. The molecular formula is C11H12O5. The zero-order valence-electron chi connectivity index (χ0n) is 8.80. The van der Waals surface area contributed by atoms with Crippen LogP contribution in [-0.4, -0.2) is 35.2 Å². The van der Waals surface area contributed by atoms with Crippen molar-refractivity contribution in [2.24, 2.45) is 11.3 Å². The van der Waals surface area contributed by atoms with Crippen LogP contribution < -0.4 is 0 Å². The molecule has 0 radical (unpaired) electrons. The molecule has 0 amide bonds. The molecule has 0 aromatic heterocycles. The van der Waals surface area contributed by atoms with E-state index in [1.807, 2.05) is 0 Å². The summed E-state index contributed by atoms with van der Waals surface area (Å²) in [6, 6.07) is 0. The lowest BCUT2D eigenvalue weighted by Gasteiger charge is -2.29. The van der Waals surface area contributed by atoms with Gasteiger partial charge < -0.3 is 14.6 Å². The van der Waals surface area contributed by atoms with Crippen LogP contribution in [0.4, 0.5) is 0 Å². The Kier molecular flexibility index (Phi) is 1.63. The number of esters is 1. The number of carbonyl (C=O) groups excluding carboxylic acids is 2.